The fourth-order valence-corrected chi connectivity index (χ4v) is 4.41. The van der Waals surface area contributed by atoms with E-state index in [4.69, 9.17) is 21.3 Å². The largest absolute Gasteiger partial charge is 0.494 e. The topological polar surface area (TPSA) is 56.1 Å². The maximum atomic E-state index is 12.5. The highest BCUT2D eigenvalue weighted by Gasteiger charge is 2.19. The first kappa shape index (κ1) is 22.4. The molecule has 0 radical (unpaired) electrons. The van der Waals surface area contributed by atoms with Crippen LogP contribution in [-0.2, 0) is 6.54 Å². The molecule has 0 saturated heterocycles. The Morgan fingerprint density at radius 1 is 1.19 bits per heavy atom. The molecule has 32 heavy (non-hydrogen) atoms. The van der Waals surface area contributed by atoms with Crippen LogP contribution in [0.15, 0.2) is 60.0 Å². The van der Waals surface area contributed by atoms with Gasteiger partial charge in [0.1, 0.15) is 11.6 Å². The summed E-state index contributed by atoms with van der Waals surface area (Å²) >= 11 is 7.52. The first-order valence-corrected chi connectivity index (χ1v) is 12.0. The first-order chi connectivity index (χ1) is 15.5. The van der Waals surface area contributed by atoms with Crippen molar-refractivity contribution in [2.24, 2.45) is 0 Å². The van der Waals surface area contributed by atoms with Gasteiger partial charge in [-0.25, -0.2) is 4.98 Å². The van der Waals surface area contributed by atoms with E-state index in [-0.39, 0.29) is 11.9 Å². The number of rotatable bonds is 9. The van der Waals surface area contributed by atoms with E-state index < -0.39 is 0 Å². The first-order valence-electron chi connectivity index (χ1n) is 10.7. The molecule has 4 aromatic rings. The Bertz CT molecular complexity index is 1200. The zero-order chi connectivity index (χ0) is 22.5. The zero-order valence-electron chi connectivity index (χ0n) is 18.2. The molecule has 1 unspecified atom stereocenters. The Hall–Kier alpha value is -2.83. The van der Waals surface area contributed by atoms with E-state index >= 15 is 0 Å². The molecule has 1 atom stereocenters. The second-order valence-corrected chi connectivity index (χ2v) is 9.10. The van der Waals surface area contributed by atoms with Gasteiger partial charge in [-0.1, -0.05) is 29.8 Å². The molecular formula is C25H26ClN3O2S. The van der Waals surface area contributed by atoms with E-state index in [9.17, 15) is 4.79 Å². The predicted octanol–water partition coefficient (Wildman–Crippen LogP) is 6.41. The summed E-state index contributed by atoms with van der Waals surface area (Å²) in [5, 5.41) is 5.74. The third kappa shape index (κ3) is 5.14. The number of hydrogen-bond donors (Lipinski definition) is 1. The highest BCUT2D eigenvalue weighted by Crippen LogP contribution is 2.23. The molecule has 4 rings (SSSR count). The second kappa shape index (κ2) is 10.2. The van der Waals surface area contributed by atoms with Crippen molar-refractivity contribution >= 4 is 39.9 Å². The predicted molar refractivity (Wildman–Crippen MR) is 131 cm³/mol. The summed E-state index contributed by atoms with van der Waals surface area (Å²) in [6, 6.07) is 17.3. The summed E-state index contributed by atoms with van der Waals surface area (Å²) in [5.74, 6) is 1.63. The van der Waals surface area contributed by atoms with Crippen molar-refractivity contribution in [3.05, 3.63) is 81.3 Å². The minimum atomic E-state index is -0.203. The van der Waals surface area contributed by atoms with Crippen LogP contribution in [0.2, 0.25) is 5.02 Å². The van der Waals surface area contributed by atoms with Crippen molar-refractivity contribution in [2.75, 3.05) is 6.61 Å². The van der Waals surface area contributed by atoms with Crippen LogP contribution in [-0.4, -0.2) is 22.1 Å². The van der Waals surface area contributed by atoms with Crippen LogP contribution >= 0.6 is 22.9 Å². The third-order valence-corrected chi connectivity index (χ3v) is 6.63. The Labute approximate surface area is 197 Å². The number of carbonyl (C=O) groups is 1. The molecule has 0 saturated carbocycles. The van der Waals surface area contributed by atoms with Crippen molar-refractivity contribution in [3.63, 3.8) is 0 Å². The van der Waals surface area contributed by atoms with E-state index in [0.717, 1.165) is 52.6 Å². The highest BCUT2D eigenvalue weighted by molar-refractivity contribution is 7.12. The number of hydrogen-bond acceptors (Lipinski definition) is 4. The number of ether oxygens (including phenoxy) is 1. The molecule has 166 valence electrons. The lowest BCUT2D eigenvalue weighted by molar-refractivity contribution is 0.0941. The molecule has 0 fully saturated rings. The van der Waals surface area contributed by atoms with Gasteiger partial charge >= 0.3 is 0 Å². The van der Waals surface area contributed by atoms with Crippen molar-refractivity contribution in [3.8, 4) is 5.75 Å². The van der Waals surface area contributed by atoms with Gasteiger partial charge in [0, 0.05) is 11.6 Å². The molecule has 0 aliphatic rings. The Kier molecular flexibility index (Phi) is 7.12. The number of imidazole rings is 1. The van der Waals surface area contributed by atoms with Crippen molar-refractivity contribution in [2.45, 2.75) is 39.3 Å². The number of unbranched alkanes of at least 4 members (excludes halogenated alkanes) is 1. The average molecular weight is 468 g/mol. The van der Waals surface area contributed by atoms with E-state index in [1.54, 1.807) is 0 Å². The molecule has 2 aromatic carbocycles. The van der Waals surface area contributed by atoms with Crippen LogP contribution in [0.25, 0.3) is 11.0 Å². The van der Waals surface area contributed by atoms with E-state index in [2.05, 4.69) is 16.0 Å². The number of aryl methyl sites for hydroxylation is 2. The number of nitrogens with zero attached hydrogens (tertiary/aromatic N) is 2. The molecule has 7 heteroatoms. The van der Waals surface area contributed by atoms with Crippen LogP contribution < -0.4 is 10.1 Å². The fourth-order valence-electron chi connectivity index (χ4n) is 3.67. The van der Waals surface area contributed by atoms with Gasteiger partial charge in [0.25, 0.3) is 5.91 Å². The molecule has 0 aliphatic heterocycles. The van der Waals surface area contributed by atoms with Crippen LogP contribution in [0.5, 0.6) is 5.75 Å². The van der Waals surface area contributed by atoms with Crippen LogP contribution in [0.3, 0.4) is 0 Å². The molecule has 1 N–H and O–H groups in total. The molecule has 2 heterocycles. The third-order valence-electron chi connectivity index (χ3n) is 5.34. The molecule has 2 aromatic heterocycles. The molecule has 0 spiro atoms. The lowest BCUT2D eigenvalue weighted by Gasteiger charge is -2.16. The van der Waals surface area contributed by atoms with Gasteiger partial charge in [-0.3, -0.25) is 4.79 Å². The monoisotopic (exact) mass is 467 g/mol. The van der Waals surface area contributed by atoms with Gasteiger partial charge in [-0.05, 0) is 74.0 Å². The number of halogens is 1. The van der Waals surface area contributed by atoms with Crippen molar-refractivity contribution in [1.82, 2.24) is 14.9 Å². The second-order valence-electron chi connectivity index (χ2n) is 7.75. The van der Waals surface area contributed by atoms with E-state index in [1.165, 1.54) is 11.3 Å². The van der Waals surface area contributed by atoms with E-state index in [1.807, 2.05) is 67.8 Å². The lowest BCUT2D eigenvalue weighted by atomic mass is 10.2. The number of benzene rings is 2. The van der Waals surface area contributed by atoms with Gasteiger partial charge in [-0.2, -0.15) is 0 Å². The van der Waals surface area contributed by atoms with Gasteiger partial charge in [0.05, 0.1) is 28.6 Å². The smallest absolute Gasteiger partial charge is 0.261 e. The Balaban J connectivity index is 1.40. The Morgan fingerprint density at radius 3 is 2.81 bits per heavy atom. The van der Waals surface area contributed by atoms with Crippen LogP contribution in [0.4, 0.5) is 0 Å². The quantitative estimate of drug-likeness (QED) is 0.289. The number of carbonyl (C=O) groups excluding carboxylic acids is 1. The zero-order valence-corrected chi connectivity index (χ0v) is 19.7. The SMILES string of the molecule is Cc1cc(OCCCCn2c(C(C)NC(=O)c3cccs3)nc3ccccc32)ccc1Cl. The van der Waals surface area contributed by atoms with Crippen molar-refractivity contribution < 1.29 is 9.53 Å². The van der Waals surface area contributed by atoms with Crippen LogP contribution in [0, 0.1) is 6.92 Å². The van der Waals surface area contributed by atoms with Crippen molar-refractivity contribution in [1.29, 1.82) is 0 Å². The van der Waals surface area contributed by atoms with Gasteiger partial charge in [-0.15, -0.1) is 11.3 Å². The number of thiophene rings is 1. The fraction of sp³-hybridized carbons (Fsp3) is 0.280. The number of fused-ring (bicyclic) bond motifs is 1. The normalized spacial score (nSPS) is 12.1. The number of para-hydroxylation sites is 2. The van der Waals surface area contributed by atoms with Gasteiger partial charge < -0.3 is 14.6 Å². The summed E-state index contributed by atoms with van der Waals surface area (Å²) in [7, 11) is 0. The number of aromatic nitrogens is 2. The molecule has 0 bridgehead atoms. The molecule has 5 nitrogen and oxygen atoms in total. The van der Waals surface area contributed by atoms with Gasteiger partial charge in [0.15, 0.2) is 0 Å². The minimum Gasteiger partial charge on any atom is -0.494 e. The summed E-state index contributed by atoms with van der Waals surface area (Å²) in [4.78, 5) is 18.1. The number of amides is 1. The van der Waals surface area contributed by atoms with E-state index in [0.29, 0.717) is 11.5 Å². The van der Waals surface area contributed by atoms with Gasteiger partial charge in [0.2, 0.25) is 0 Å². The summed E-state index contributed by atoms with van der Waals surface area (Å²) in [5.41, 5.74) is 3.03. The highest BCUT2D eigenvalue weighted by atomic mass is 35.5. The average Bonchev–Trinajstić information content (AvgIpc) is 3.44. The standard InChI is InChI=1S/C25H26ClN3O2S/c1-17-16-19(11-12-20(17)26)31-14-6-5-13-29-22-9-4-3-8-21(22)28-24(29)18(2)27-25(30)23-10-7-15-32-23/h3-4,7-12,15-16,18H,5-6,13-14H2,1-2H3,(H,27,30). The summed E-state index contributed by atoms with van der Waals surface area (Å²) in [6.45, 7) is 5.39. The summed E-state index contributed by atoms with van der Waals surface area (Å²) < 4.78 is 8.09. The molecule has 1 amide bonds. The summed E-state index contributed by atoms with van der Waals surface area (Å²) in [6.07, 6.45) is 1.84. The van der Waals surface area contributed by atoms with Crippen LogP contribution in [0.1, 0.15) is 46.9 Å². The Morgan fingerprint density at radius 2 is 2.03 bits per heavy atom. The molecule has 0 aliphatic carbocycles. The minimum absolute atomic E-state index is 0.0715. The lowest BCUT2D eigenvalue weighted by Crippen LogP contribution is -2.28. The number of nitrogens with one attached hydrogen (secondary N) is 1. The maximum Gasteiger partial charge on any atom is 0.261 e. The maximum absolute atomic E-state index is 12.5. The molecular weight excluding hydrogens is 442 g/mol.